The summed E-state index contributed by atoms with van der Waals surface area (Å²) in [4.78, 5) is 27.7. The lowest BCUT2D eigenvalue weighted by Crippen LogP contribution is -2.70. The first kappa shape index (κ1) is 23.2. The SMILES string of the molecule is CCS(=O)(=O)N1CC(=O)N(c2ccc(Cl)cc2)[C@](C)(C(=O)NCc2ccc(F)cc2)C1. The summed E-state index contributed by atoms with van der Waals surface area (Å²) in [6.45, 7) is 2.54. The third kappa shape index (κ3) is 4.89. The predicted molar refractivity (Wildman–Crippen MR) is 117 cm³/mol. The van der Waals surface area contributed by atoms with Crippen molar-refractivity contribution in [3.05, 3.63) is 64.9 Å². The van der Waals surface area contributed by atoms with Crippen molar-refractivity contribution in [3.8, 4) is 0 Å². The fourth-order valence-corrected chi connectivity index (χ4v) is 4.76. The Balaban J connectivity index is 1.94. The van der Waals surface area contributed by atoms with Gasteiger partial charge in [-0.05, 0) is 55.8 Å². The standard InChI is InChI=1S/C21H23ClFN3O4S/c1-3-31(29,30)25-13-19(27)26(18-10-6-16(22)7-11-18)21(2,14-25)20(28)24-12-15-4-8-17(23)9-5-15/h4-11H,3,12-14H2,1-2H3,(H,24,28)/t21-/m0/s1. The number of carbonyl (C=O) groups excluding carboxylic acids is 2. The summed E-state index contributed by atoms with van der Waals surface area (Å²) in [5.74, 6) is -1.63. The summed E-state index contributed by atoms with van der Waals surface area (Å²) in [5.41, 5.74) is -0.412. The van der Waals surface area contributed by atoms with Crippen molar-refractivity contribution in [2.75, 3.05) is 23.7 Å². The molecule has 3 rings (SSSR count). The van der Waals surface area contributed by atoms with Crippen molar-refractivity contribution in [1.82, 2.24) is 9.62 Å². The molecule has 2 aromatic carbocycles. The molecule has 1 saturated heterocycles. The van der Waals surface area contributed by atoms with Gasteiger partial charge >= 0.3 is 0 Å². The van der Waals surface area contributed by atoms with Crippen molar-refractivity contribution in [3.63, 3.8) is 0 Å². The second-order valence-corrected chi connectivity index (χ2v) is 10.2. The van der Waals surface area contributed by atoms with E-state index in [1.807, 2.05) is 0 Å². The third-order valence-electron chi connectivity index (χ3n) is 5.24. The lowest BCUT2D eigenvalue weighted by atomic mass is 9.94. The second kappa shape index (κ2) is 8.94. The number of sulfonamides is 1. The Morgan fingerprint density at radius 3 is 2.35 bits per heavy atom. The molecule has 0 aliphatic carbocycles. The number of benzene rings is 2. The Kier molecular flexibility index (Phi) is 6.68. The molecule has 1 N–H and O–H groups in total. The minimum atomic E-state index is -3.70. The number of carbonyl (C=O) groups is 2. The molecule has 0 aromatic heterocycles. The average molecular weight is 468 g/mol. The van der Waals surface area contributed by atoms with Gasteiger partial charge in [-0.3, -0.25) is 14.5 Å². The third-order valence-corrected chi connectivity index (χ3v) is 7.26. The maximum absolute atomic E-state index is 13.3. The first-order chi connectivity index (χ1) is 14.6. The van der Waals surface area contributed by atoms with Crippen LogP contribution in [0.2, 0.25) is 5.02 Å². The van der Waals surface area contributed by atoms with Crippen LogP contribution in [0.3, 0.4) is 0 Å². The van der Waals surface area contributed by atoms with E-state index in [4.69, 9.17) is 11.6 Å². The van der Waals surface area contributed by atoms with Crippen molar-refractivity contribution in [2.45, 2.75) is 25.9 Å². The van der Waals surface area contributed by atoms with E-state index >= 15 is 0 Å². The maximum Gasteiger partial charge on any atom is 0.247 e. The highest BCUT2D eigenvalue weighted by molar-refractivity contribution is 7.89. The first-order valence-electron chi connectivity index (χ1n) is 9.66. The zero-order chi connectivity index (χ0) is 22.8. The number of nitrogens with zero attached hydrogens (tertiary/aromatic N) is 2. The molecule has 2 amide bonds. The van der Waals surface area contributed by atoms with Crippen LogP contribution in [0.5, 0.6) is 0 Å². The summed E-state index contributed by atoms with van der Waals surface area (Å²) < 4.78 is 39.1. The van der Waals surface area contributed by atoms with Crippen molar-refractivity contribution in [1.29, 1.82) is 0 Å². The summed E-state index contributed by atoms with van der Waals surface area (Å²) in [7, 11) is -3.70. The van der Waals surface area contributed by atoms with E-state index in [1.165, 1.54) is 43.0 Å². The van der Waals surface area contributed by atoms with Gasteiger partial charge in [-0.2, -0.15) is 4.31 Å². The highest BCUT2D eigenvalue weighted by Crippen LogP contribution is 2.31. The molecule has 1 aliphatic rings. The number of hydrogen-bond acceptors (Lipinski definition) is 4. The van der Waals surface area contributed by atoms with Crippen molar-refractivity contribution < 1.29 is 22.4 Å². The minimum Gasteiger partial charge on any atom is -0.350 e. The number of halogens is 2. The van der Waals surface area contributed by atoms with Gasteiger partial charge in [0.25, 0.3) is 0 Å². The molecule has 0 saturated carbocycles. The van der Waals surface area contributed by atoms with Crippen molar-refractivity contribution in [2.24, 2.45) is 0 Å². The number of hydrogen-bond donors (Lipinski definition) is 1. The molecule has 0 bridgehead atoms. The summed E-state index contributed by atoms with van der Waals surface area (Å²) in [6, 6.07) is 12.0. The van der Waals surface area contributed by atoms with E-state index < -0.39 is 33.2 Å². The van der Waals surface area contributed by atoms with Gasteiger partial charge in [0.05, 0.1) is 12.3 Å². The van der Waals surface area contributed by atoms with Gasteiger partial charge in [0.1, 0.15) is 11.4 Å². The lowest BCUT2D eigenvalue weighted by molar-refractivity contribution is -0.133. The van der Waals surface area contributed by atoms with Crippen LogP contribution in [0.1, 0.15) is 19.4 Å². The quantitative estimate of drug-likeness (QED) is 0.707. The molecule has 10 heteroatoms. The van der Waals surface area contributed by atoms with Crippen LogP contribution < -0.4 is 10.2 Å². The number of rotatable bonds is 6. The van der Waals surface area contributed by atoms with Crippen LogP contribution in [0.15, 0.2) is 48.5 Å². The number of nitrogens with one attached hydrogen (secondary N) is 1. The molecule has 1 heterocycles. The largest absolute Gasteiger partial charge is 0.350 e. The Labute approximate surface area is 185 Å². The maximum atomic E-state index is 13.3. The predicted octanol–water partition coefficient (Wildman–Crippen LogP) is 2.55. The van der Waals surface area contributed by atoms with Gasteiger partial charge in [-0.1, -0.05) is 23.7 Å². The monoisotopic (exact) mass is 467 g/mol. The van der Waals surface area contributed by atoms with Gasteiger partial charge in [-0.15, -0.1) is 0 Å². The van der Waals surface area contributed by atoms with Crippen molar-refractivity contribution >= 4 is 39.1 Å². The summed E-state index contributed by atoms with van der Waals surface area (Å²) in [5, 5.41) is 3.21. The Hall–Kier alpha value is -2.49. The first-order valence-corrected chi connectivity index (χ1v) is 11.6. The fourth-order valence-electron chi connectivity index (χ4n) is 3.51. The molecular formula is C21H23ClFN3O4S. The van der Waals surface area contributed by atoms with Gasteiger partial charge < -0.3 is 5.32 Å². The van der Waals surface area contributed by atoms with E-state index in [0.717, 1.165) is 4.31 Å². The van der Waals surface area contributed by atoms with Crippen LogP contribution in [-0.4, -0.2) is 48.9 Å². The fraction of sp³-hybridized carbons (Fsp3) is 0.333. The normalized spacial score (nSPS) is 20.0. The zero-order valence-electron chi connectivity index (χ0n) is 17.1. The minimum absolute atomic E-state index is 0.0951. The Bertz CT molecular complexity index is 1080. The highest BCUT2D eigenvalue weighted by atomic mass is 35.5. The topological polar surface area (TPSA) is 86.8 Å². The highest BCUT2D eigenvalue weighted by Gasteiger charge is 2.50. The van der Waals surface area contributed by atoms with Crippen LogP contribution in [0.25, 0.3) is 0 Å². The zero-order valence-corrected chi connectivity index (χ0v) is 18.7. The van der Waals surface area contributed by atoms with Crippen LogP contribution in [-0.2, 0) is 26.2 Å². The Morgan fingerprint density at radius 1 is 1.16 bits per heavy atom. The van der Waals surface area contributed by atoms with E-state index in [-0.39, 0.29) is 25.4 Å². The van der Waals surface area contributed by atoms with E-state index in [1.54, 1.807) is 24.3 Å². The molecule has 0 unspecified atom stereocenters. The number of piperazine rings is 1. The van der Waals surface area contributed by atoms with E-state index in [9.17, 15) is 22.4 Å². The summed E-state index contributed by atoms with van der Waals surface area (Å²) in [6.07, 6.45) is 0. The van der Waals surface area contributed by atoms with Crippen LogP contribution in [0.4, 0.5) is 10.1 Å². The molecule has 0 spiro atoms. The van der Waals surface area contributed by atoms with Gasteiger partial charge in [0.15, 0.2) is 0 Å². The molecular weight excluding hydrogens is 445 g/mol. The molecule has 31 heavy (non-hydrogen) atoms. The summed E-state index contributed by atoms with van der Waals surface area (Å²) >= 11 is 5.95. The molecule has 7 nitrogen and oxygen atoms in total. The van der Waals surface area contributed by atoms with Crippen LogP contribution >= 0.6 is 11.6 Å². The molecule has 1 atom stereocenters. The van der Waals surface area contributed by atoms with E-state index in [0.29, 0.717) is 16.3 Å². The number of anilines is 1. The molecule has 1 aliphatic heterocycles. The second-order valence-electron chi connectivity index (χ2n) is 7.46. The Morgan fingerprint density at radius 2 is 1.77 bits per heavy atom. The van der Waals surface area contributed by atoms with Gasteiger partial charge in [0, 0.05) is 23.8 Å². The molecule has 166 valence electrons. The molecule has 1 fully saturated rings. The smallest absolute Gasteiger partial charge is 0.247 e. The average Bonchev–Trinajstić information content (AvgIpc) is 2.74. The number of amides is 2. The van der Waals surface area contributed by atoms with Gasteiger partial charge in [0.2, 0.25) is 21.8 Å². The van der Waals surface area contributed by atoms with Gasteiger partial charge in [-0.25, -0.2) is 12.8 Å². The molecule has 0 radical (unpaired) electrons. The van der Waals surface area contributed by atoms with Crippen LogP contribution in [0, 0.1) is 5.82 Å². The molecule has 2 aromatic rings. The lowest BCUT2D eigenvalue weighted by Gasteiger charge is -2.46. The van der Waals surface area contributed by atoms with E-state index in [2.05, 4.69) is 5.32 Å².